The SMILES string of the molecule is Cc1c(Cl)cccc1Nc1ncc(C(=O)N2CC3CC(C2)O3)c2c(C)cccc12. The van der Waals surface area contributed by atoms with Crippen LogP contribution in [0.4, 0.5) is 11.5 Å². The number of anilines is 2. The third kappa shape index (κ3) is 3.15. The van der Waals surface area contributed by atoms with E-state index >= 15 is 0 Å². The second kappa shape index (κ2) is 7.01. The molecule has 3 saturated heterocycles. The molecule has 2 unspecified atom stereocenters. The zero-order valence-electron chi connectivity index (χ0n) is 16.4. The van der Waals surface area contributed by atoms with E-state index in [4.69, 9.17) is 16.3 Å². The maximum absolute atomic E-state index is 13.3. The second-order valence-corrected chi connectivity index (χ2v) is 8.29. The fourth-order valence-electron chi connectivity index (χ4n) is 4.31. The van der Waals surface area contributed by atoms with Crippen LogP contribution in [0.25, 0.3) is 10.8 Å². The number of benzene rings is 2. The van der Waals surface area contributed by atoms with E-state index in [0.29, 0.717) is 23.7 Å². The number of aromatic nitrogens is 1. The van der Waals surface area contributed by atoms with Gasteiger partial charge in [-0.05, 0) is 37.1 Å². The molecule has 6 rings (SSSR count). The molecule has 2 bridgehead atoms. The van der Waals surface area contributed by atoms with E-state index in [1.165, 1.54) is 0 Å². The zero-order chi connectivity index (χ0) is 20.1. The summed E-state index contributed by atoms with van der Waals surface area (Å²) in [5.74, 6) is 0.746. The lowest BCUT2D eigenvalue weighted by molar-refractivity contribution is -0.171. The van der Waals surface area contributed by atoms with E-state index in [2.05, 4.69) is 10.3 Å². The van der Waals surface area contributed by atoms with Crippen molar-refractivity contribution >= 4 is 39.8 Å². The number of halogens is 1. The van der Waals surface area contributed by atoms with Gasteiger partial charge in [0.2, 0.25) is 0 Å². The number of ether oxygens (including phenoxy) is 1. The van der Waals surface area contributed by atoms with Crippen molar-refractivity contribution in [2.75, 3.05) is 18.4 Å². The van der Waals surface area contributed by atoms with Crippen molar-refractivity contribution < 1.29 is 9.53 Å². The van der Waals surface area contributed by atoms with Gasteiger partial charge < -0.3 is 15.0 Å². The first-order valence-electron chi connectivity index (χ1n) is 9.86. The highest BCUT2D eigenvalue weighted by atomic mass is 35.5. The van der Waals surface area contributed by atoms with Gasteiger partial charge in [0.15, 0.2) is 0 Å². The molecule has 29 heavy (non-hydrogen) atoms. The molecule has 1 N–H and O–H groups in total. The van der Waals surface area contributed by atoms with Crippen molar-refractivity contribution in [3.63, 3.8) is 0 Å². The fourth-order valence-corrected chi connectivity index (χ4v) is 4.48. The summed E-state index contributed by atoms with van der Waals surface area (Å²) in [6.07, 6.45) is 3.12. The lowest BCUT2D eigenvalue weighted by Crippen LogP contribution is -2.58. The zero-order valence-corrected chi connectivity index (χ0v) is 17.2. The number of nitrogens with zero attached hydrogens (tertiary/aromatic N) is 2. The number of piperidine rings is 1. The van der Waals surface area contributed by atoms with Gasteiger partial charge >= 0.3 is 0 Å². The van der Waals surface area contributed by atoms with Gasteiger partial charge in [0.25, 0.3) is 5.91 Å². The quantitative estimate of drug-likeness (QED) is 0.673. The molecule has 3 aliphatic rings. The third-order valence-electron chi connectivity index (χ3n) is 5.92. The summed E-state index contributed by atoms with van der Waals surface area (Å²) in [4.78, 5) is 19.8. The van der Waals surface area contributed by atoms with Crippen molar-refractivity contribution in [1.29, 1.82) is 0 Å². The fraction of sp³-hybridized carbons (Fsp3) is 0.304. The third-order valence-corrected chi connectivity index (χ3v) is 6.33. The van der Waals surface area contributed by atoms with Crippen LogP contribution in [0.15, 0.2) is 42.6 Å². The monoisotopic (exact) mass is 407 g/mol. The normalized spacial score (nSPS) is 20.4. The van der Waals surface area contributed by atoms with Crippen molar-refractivity contribution in [1.82, 2.24) is 9.88 Å². The Kier molecular flexibility index (Phi) is 4.45. The van der Waals surface area contributed by atoms with E-state index in [1.807, 2.05) is 55.1 Å². The molecule has 0 spiro atoms. The van der Waals surface area contributed by atoms with Gasteiger partial charge in [-0.25, -0.2) is 4.98 Å². The minimum absolute atomic E-state index is 0.0280. The molecule has 0 radical (unpaired) electrons. The summed E-state index contributed by atoms with van der Waals surface area (Å²) >= 11 is 6.27. The average Bonchev–Trinajstić information content (AvgIpc) is 2.71. The number of carbonyl (C=O) groups excluding carboxylic acids is 1. The van der Waals surface area contributed by atoms with Gasteiger partial charge in [-0.3, -0.25) is 4.79 Å². The van der Waals surface area contributed by atoms with Crippen molar-refractivity contribution in [2.24, 2.45) is 0 Å². The largest absolute Gasteiger partial charge is 0.371 e. The number of morpholine rings is 1. The van der Waals surface area contributed by atoms with Crippen LogP contribution >= 0.6 is 11.6 Å². The lowest BCUT2D eigenvalue weighted by Gasteiger charge is -2.47. The van der Waals surface area contributed by atoms with E-state index in [1.54, 1.807) is 6.20 Å². The molecule has 0 saturated carbocycles. The molecule has 3 aromatic rings. The Balaban J connectivity index is 1.56. The van der Waals surface area contributed by atoms with Crippen LogP contribution in [-0.2, 0) is 4.74 Å². The van der Waals surface area contributed by atoms with Gasteiger partial charge in [0.05, 0.1) is 17.8 Å². The van der Waals surface area contributed by atoms with Crippen molar-refractivity contribution in [3.05, 3.63) is 64.3 Å². The highest BCUT2D eigenvalue weighted by Gasteiger charge is 2.40. The van der Waals surface area contributed by atoms with Crippen LogP contribution < -0.4 is 5.32 Å². The Morgan fingerprint density at radius 1 is 1.17 bits per heavy atom. The molecule has 3 aliphatic heterocycles. The molecule has 2 aromatic carbocycles. The molecule has 6 heteroatoms. The molecular weight excluding hydrogens is 386 g/mol. The highest BCUT2D eigenvalue weighted by molar-refractivity contribution is 6.31. The molecular formula is C23H22ClN3O2. The number of carbonyl (C=O) groups is 1. The molecule has 3 fully saturated rings. The van der Waals surface area contributed by atoms with E-state index < -0.39 is 0 Å². The van der Waals surface area contributed by atoms with Crippen LogP contribution in [0.3, 0.4) is 0 Å². The maximum atomic E-state index is 13.3. The van der Waals surface area contributed by atoms with Crippen LogP contribution in [0, 0.1) is 13.8 Å². The molecule has 5 nitrogen and oxygen atoms in total. The number of fused-ring (bicyclic) bond motifs is 3. The van der Waals surface area contributed by atoms with Gasteiger partial charge in [-0.1, -0.05) is 35.9 Å². The van der Waals surface area contributed by atoms with E-state index in [9.17, 15) is 4.79 Å². The second-order valence-electron chi connectivity index (χ2n) is 7.88. The number of pyridine rings is 1. The Hall–Kier alpha value is -2.63. The van der Waals surface area contributed by atoms with Crippen molar-refractivity contribution in [2.45, 2.75) is 32.5 Å². The van der Waals surface area contributed by atoms with Gasteiger partial charge in [-0.15, -0.1) is 0 Å². The topological polar surface area (TPSA) is 54.5 Å². The minimum atomic E-state index is 0.0280. The Morgan fingerprint density at radius 3 is 2.66 bits per heavy atom. The first-order chi connectivity index (χ1) is 14.0. The predicted octanol–water partition coefficient (Wildman–Crippen LogP) is 4.86. The summed E-state index contributed by atoms with van der Waals surface area (Å²) < 4.78 is 5.68. The molecule has 1 aromatic heterocycles. The van der Waals surface area contributed by atoms with Crippen LogP contribution in [0.1, 0.15) is 27.9 Å². The summed E-state index contributed by atoms with van der Waals surface area (Å²) in [6.45, 7) is 5.32. The Labute approximate surface area is 174 Å². The lowest BCUT2D eigenvalue weighted by atomic mass is 9.96. The number of aryl methyl sites for hydroxylation is 1. The molecule has 148 valence electrons. The van der Waals surface area contributed by atoms with Crippen molar-refractivity contribution in [3.8, 4) is 0 Å². The number of rotatable bonds is 3. The minimum Gasteiger partial charge on any atom is -0.371 e. The summed E-state index contributed by atoms with van der Waals surface area (Å²) in [5, 5.41) is 5.97. The Morgan fingerprint density at radius 2 is 1.90 bits per heavy atom. The standard InChI is InChI=1S/C23H22ClN3O2/c1-13-5-3-6-17-21(13)18(23(28)27-11-15-9-16(12-27)29-15)10-25-22(17)26-20-8-4-7-19(24)14(20)2/h3-8,10,15-16H,9,11-12H2,1-2H3,(H,25,26). The van der Waals surface area contributed by atoms with E-state index in [-0.39, 0.29) is 18.1 Å². The summed E-state index contributed by atoms with van der Waals surface area (Å²) in [5.41, 5.74) is 3.56. The van der Waals surface area contributed by atoms with Crippen LogP contribution in [-0.4, -0.2) is 41.1 Å². The van der Waals surface area contributed by atoms with Crippen LogP contribution in [0.5, 0.6) is 0 Å². The molecule has 1 amide bonds. The van der Waals surface area contributed by atoms with E-state index in [0.717, 1.165) is 39.8 Å². The predicted molar refractivity (Wildman–Crippen MR) is 115 cm³/mol. The molecule has 2 atom stereocenters. The average molecular weight is 408 g/mol. The summed E-state index contributed by atoms with van der Waals surface area (Å²) in [7, 11) is 0. The molecule has 4 heterocycles. The van der Waals surface area contributed by atoms with Gasteiger partial charge in [-0.2, -0.15) is 0 Å². The highest BCUT2D eigenvalue weighted by Crippen LogP contribution is 2.34. The number of nitrogens with one attached hydrogen (secondary N) is 1. The number of hydrogen-bond donors (Lipinski definition) is 1. The molecule has 0 aliphatic carbocycles. The first kappa shape index (κ1) is 18.4. The summed E-state index contributed by atoms with van der Waals surface area (Å²) in [6, 6.07) is 11.8. The number of hydrogen-bond acceptors (Lipinski definition) is 4. The van der Waals surface area contributed by atoms with Gasteiger partial charge in [0.1, 0.15) is 5.82 Å². The smallest absolute Gasteiger partial charge is 0.256 e. The maximum Gasteiger partial charge on any atom is 0.256 e. The Bertz CT molecular complexity index is 1110. The van der Waals surface area contributed by atoms with Gasteiger partial charge in [0, 0.05) is 47.2 Å². The number of amides is 1. The first-order valence-corrected chi connectivity index (χ1v) is 10.2. The van der Waals surface area contributed by atoms with Crippen LogP contribution in [0.2, 0.25) is 5.02 Å².